The van der Waals surface area contributed by atoms with E-state index in [9.17, 15) is 18.0 Å². The van der Waals surface area contributed by atoms with Gasteiger partial charge in [0.15, 0.2) is 0 Å². The summed E-state index contributed by atoms with van der Waals surface area (Å²) >= 11 is 2.64. The number of rotatable bonds is 6. The maximum atomic E-state index is 12.9. The van der Waals surface area contributed by atoms with Crippen molar-refractivity contribution in [3.63, 3.8) is 0 Å². The number of carbonyl (C=O) groups excluding carboxylic acids is 2. The number of piperazine rings is 1. The number of nitrogens with two attached hydrogens (primary N) is 1. The number of anilines is 1. The second kappa shape index (κ2) is 8.39. The minimum atomic E-state index is -3.48. The Labute approximate surface area is 183 Å². The van der Waals surface area contributed by atoms with Gasteiger partial charge >= 0.3 is 0 Å². The Kier molecular flexibility index (Phi) is 5.99. The molecule has 0 radical (unpaired) electrons. The van der Waals surface area contributed by atoms with Crippen LogP contribution in [0.15, 0.2) is 21.7 Å². The van der Waals surface area contributed by atoms with Gasteiger partial charge < -0.3 is 11.1 Å². The molecule has 2 aromatic heterocycles. The summed E-state index contributed by atoms with van der Waals surface area (Å²) in [4.78, 5) is 27.9. The molecule has 11 heteroatoms. The van der Waals surface area contributed by atoms with Gasteiger partial charge in [-0.1, -0.05) is 6.07 Å². The van der Waals surface area contributed by atoms with Crippen LogP contribution < -0.4 is 11.1 Å². The van der Waals surface area contributed by atoms with E-state index in [0.29, 0.717) is 41.0 Å². The van der Waals surface area contributed by atoms with Crippen molar-refractivity contribution in [3.05, 3.63) is 33.5 Å². The molecular weight excluding hydrogens is 444 g/mol. The molecular formula is C19H24N4O4S3. The predicted molar refractivity (Wildman–Crippen MR) is 118 cm³/mol. The van der Waals surface area contributed by atoms with Gasteiger partial charge in [0.2, 0.25) is 5.91 Å². The fraction of sp³-hybridized carbons (Fsp3) is 0.474. The topological polar surface area (TPSA) is 113 Å². The summed E-state index contributed by atoms with van der Waals surface area (Å²) in [6.07, 6.45) is 2.73. The summed E-state index contributed by atoms with van der Waals surface area (Å²) in [6.45, 7) is 3.38. The summed E-state index contributed by atoms with van der Waals surface area (Å²) in [6, 6.07) is 2.88. The maximum Gasteiger partial charge on any atom is 0.252 e. The van der Waals surface area contributed by atoms with Gasteiger partial charge in [-0.2, -0.15) is 4.31 Å². The van der Waals surface area contributed by atoms with Crippen LogP contribution in [-0.4, -0.2) is 61.7 Å². The summed E-state index contributed by atoms with van der Waals surface area (Å²) < 4.78 is 27.1. The van der Waals surface area contributed by atoms with Crippen molar-refractivity contribution in [1.82, 2.24) is 9.21 Å². The Morgan fingerprint density at radius 1 is 1.20 bits per heavy atom. The van der Waals surface area contributed by atoms with Crippen LogP contribution in [0, 0.1) is 0 Å². The zero-order chi connectivity index (χ0) is 21.5. The molecule has 1 aliphatic carbocycles. The minimum Gasteiger partial charge on any atom is -0.365 e. The average molecular weight is 469 g/mol. The van der Waals surface area contributed by atoms with Gasteiger partial charge in [0.05, 0.1) is 11.6 Å². The molecule has 4 rings (SSSR count). The number of primary amides is 1. The predicted octanol–water partition coefficient (Wildman–Crippen LogP) is 1.73. The van der Waals surface area contributed by atoms with E-state index in [-0.39, 0.29) is 5.91 Å². The third-order valence-corrected chi connectivity index (χ3v) is 10.2. The first kappa shape index (κ1) is 21.4. The molecule has 3 heterocycles. The van der Waals surface area contributed by atoms with Gasteiger partial charge in [0, 0.05) is 31.1 Å². The van der Waals surface area contributed by atoms with E-state index in [1.54, 1.807) is 24.4 Å². The molecule has 0 aromatic carbocycles. The first-order valence-electron chi connectivity index (χ1n) is 9.82. The normalized spacial score (nSPS) is 18.8. The Bertz CT molecular complexity index is 1050. The molecule has 3 N–H and O–H groups in total. The summed E-state index contributed by atoms with van der Waals surface area (Å²) in [5, 5.41) is 5.17. The van der Waals surface area contributed by atoms with Crippen molar-refractivity contribution in [2.45, 2.75) is 36.4 Å². The molecule has 0 spiro atoms. The lowest BCUT2D eigenvalue weighted by Gasteiger charge is -2.36. The van der Waals surface area contributed by atoms with Gasteiger partial charge in [0.25, 0.3) is 15.9 Å². The number of aryl methyl sites for hydroxylation is 1. The molecule has 8 nitrogen and oxygen atoms in total. The number of amides is 2. The van der Waals surface area contributed by atoms with E-state index in [0.717, 1.165) is 29.7 Å². The minimum absolute atomic E-state index is 0.216. The van der Waals surface area contributed by atoms with E-state index in [1.165, 1.54) is 27.0 Å². The van der Waals surface area contributed by atoms with E-state index < -0.39 is 22.0 Å². The van der Waals surface area contributed by atoms with Gasteiger partial charge in [-0.3, -0.25) is 14.5 Å². The van der Waals surface area contributed by atoms with Crippen LogP contribution in [0.2, 0.25) is 0 Å². The summed E-state index contributed by atoms with van der Waals surface area (Å²) in [5.41, 5.74) is 6.99. The van der Waals surface area contributed by atoms with Crippen LogP contribution >= 0.6 is 22.7 Å². The Morgan fingerprint density at radius 2 is 1.93 bits per heavy atom. The first-order chi connectivity index (χ1) is 14.3. The smallest absolute Gasteiger partial charge is 0.252 e. The van der Waals surface area contributed by atoms with Crippen molar-refractivity contribution >= 4 is 49.5 Å². The number of fused-ring (bicyclic) bond motifs is 1. The second-order valence-electron chi connectivity index (χ2n) is 7.46. The molecule has 2 amide bonds. The number of hydrogen-bond acceptors (Lipinski definition) is 7. The number of thiophene rings is 2. The van der Waals surface area contributed by atoms with E-state index in [4.69, 9.17) is 5.73 Å². The molecule has 0 bridgehead atoms. The molecule has 1 saturated heterocycles. The third-order valence-electron chi connectivity index (χ3n) is 5.69. The summed E-state index contributed by atoms with van der Waals surface area (Å²) in [7, 11) is -3.48. The standard InChI is InChI=1S/C19H24N4O4S3/c1-12(18(25)21-19-16(17(20)24)13-4-2-5-14(13)29-19)22-7-9-23(10-8-22)30(26,27)15-6-3-11-28-15/h3,6,11-12H,2,4-5,7-10H2,1H3,(H2,20,24)(H,21,25)/t12-/m1/s1. The van der Waals surface area contributed by atoms with E-state index in [1.807, 2.05) is 4.90 Å². The molecule has 2 aliphatic rings. The molecule has 30 heavy (non-hydrogen) atoms. The Balaban J connectivity index is 1.40. The maximum absolute atomic E-state index is 12.9. The monoisotopic (exact) mass is 468 g/mol. The number of carbonyl (C=O) groups is 2. The largest absolute Gasteiger partial charge is 0.365 e. The van der Waals surface area contributed by atoms with Crippen LogP contribution in [-0.2, 0) is 27.7 Å². The first-order valence-corrected chi connectivity index (χ1v) is 13.0. The SMILES string of the molecule is C[C@H](C(=O)Nc1sc2c(c1C(N)=O)CCC2)N1CCN(S(=O)(=O)c2cccs2)CC1. The van der Waals surface area contributed by atoms with E-state index in [2.05, 4.69) is 5.32 Å². The molecule has 1 aliphatic heterocycles. The lowest BCUT2D eigenvalue weighted by molar-refractivity contribution is -0.121. The van der Waals surface area contributed by atoms with Gasteiger partial charge in [0.1, 0.15) is 9.21 Å². The molecule has 1 fully saturated rings. The van der Waals surface area contributed by atoms with Crippen LogP contribution in [0.1, 0.15) is 34.1 Å². The molecule has 0 unspecified atom stereocenters. The van der Waals surface area contributed by atoms with E-state index >= 15 is 0 Å². The van der Waals surface area contributed by atoms with Gasteiger partial charge in [-0.25, -0.2) is 8.42 Å². The molecule has 0 saturated carbocycles. The quantitative estimate of drug-likeness (QED) is 0.670. The number of nitrogens with zero attached hydrogens (tertiary/aromatic N) is 2. The van der Waals surface area contributed by atoms with Crippen LogP contribution in [0.25, 0.3) is 0 Å². The number of sulfonamides is 1. The lowest BCUT2D eigenvalue weighted by atomic mass is 10.1. The highest BCUT2D eigenvalue weighted by Gasteiger charge is 2.33. The van der Waals surface area contributed by atoms with Crippen LogP contribution in [0.5, 0.6) is 0 Å². The van der Waals surface area contributed by atoms with Gasteiger partial charge in [-0.05, 0) is 43.2 Å². The highest BCUT2D eigenvalue weighted by Crippen LogP contribution is 2.39. The highest BCUT2D eigenvalue weighted by molar-refractivity contribution is 7.91. The zero-order valence-corrected chi connectivity index (χ0v) is 19.0. The van der Waals surface area contributed by atoms with Crippen molar-refractivity contribution < 1.29 is 18.0 Å². The highest BCUT2D eigenvalue weighted by atomic mass is 32.2. The van der Waals surface area contributed by atoms with Crippen molar-refractivity contribution in [3.8, 4) is 0 Å². The van der Waals surface area contributed by atoms with Crippen LogP contribution in [0.4, 0.5) is 5.00 Å². The Morgan fingerprint density at radius 3 is 2.57 bits per heavy atom. The fourth-order valence-electron chi connectivity index (χ4n) is 4.00. The Hall–Kier alpha value is -1.79. The number of nitrogens with one attached hydrogen (secondary N) is 1. The molecule has 2 aromatic rings. The average Bonchev–Trinajstić information content (AvgIpc) is 3.44. The molecule has 1 atom stereocenters. The lowest BCUT2D eigenvalue weighted by Crippen LogP contribution is -2.53. The van der Waals surface area contributed by atoms with Crippen molar-refractivity contribution in [2.24, 2.45) is 5.73 Å². The van der Waals surface area contributed by atoms with Crippen molar-refractivity contribution in [2.75, 3.05) is 31.5 Å². The van der Waals surface area contributed by atoms with Crippen molar-refractivity contribution in [1.29, 1.82) is 0 Å². The second-order valence-corrected chi connectivity index (χ2v) is 11.7. The molecule has 162 valence electrons. The summed E-state index contributed by atoms with van der Waals surface area (Å²) in [5.74, 6) is -0.725. The zero-order valence-electron chi connectivity index (χ0n) is 16.6. The third kappa shape index (κ3) is 3.92. The van der Waals surface area contributed by atoms with Crippen LogP contribution in [0.3, 0.4) is 0 Å². The number of hydrogen-bond donors (Lipinski definition) is 2. The van der Waals surface area contributed by atoms with Gasteiger partial charge in [-0.15, -0.1) is 22.7 Å². The fourth-order valence-corrected chi connectivity index (χ4v) is 7.87.